The minimum absolute atomic E-state index is 0.257. The van der Waals surface area contributed by atoms with Crippen LogP contribution in [0, 0.1) is 5.82 Å². The number of rotatable bonds is 3. The van der Waals surface area contributed by atoms with Crippen LogP contribution in [-0.4, -0.2) is 16.3 Å². The van der Waals surface area contributed by atoms with Crippen LogP contribution in [0.25, 0.3) is 11.1 Å². The molecule has 1 aromatic heterocycles. The maximum atomic E-state index is 13.3. The molecule has 3 rings (SSSR count). The van der Waals surface area contributed by atoms with Crippen molar-refractivity contribution in [1.29, 1.82) is 0 Å². The van der Waals surface area contributed by atoms with Crippen molar-refractivity contribution in [3.05, 3.63) is 30.2 Å². The monoisotopic (exact) mass is 233 g/mol. The maximum Gasteiger partial charge on any atom is 0.127 e. The summed E-state index contributed by atoms with van der Waals surface area (Å²) in [5.41, 5.74) is 7.05. The number of nitrogen functional groups attached to an aromatic ring is 1. The second-order valence-corrected chi connectivity index (χ2v) is 4.16. The van der Waals surface area contributed by atoms with Crippen LogP contribution in [0.1, 0.15) is 12.8 Å². The van der Waals surface area contributed by atoms with Gasteiger partial charge in [-0.3, -0.25) is 5.10 Å². The molecule has 88 valence electrons. The van der Waals surface area contributed by atoms with E-state index in [0.29, 0.717) is 22.7 Å². The molecule has 1 saturated carbocycles. The molecule has 5 heteroatoms. The highest BCUT2D eigenvalue weighted by Gasteiger charge is 2.25. The third-order valence-electron chi connectivity index (χ3n) is 2.72. The fourth-order valence-corrected chi connectivity index (χ4v) is 1.69. The summed E-state index contributed by atoms with van der Waals surface area (Å²) in [6, 6.07) is 4.44. The van der Waals surface area contributed by atoms with Crippen LogP contribution >= 0.6 is 0 Å². The third kappa shape index (κ3) is 1.95. The van der Waals surface area contributed by atoms with E-state index in [-0.39, 0.29) is 11.9 Å². The van der Waals surface area contributed by atoms with E-state index in [1.54, 1.807) is 12.3 Å². The van der Waals surface area contributed by atoms with Crippen molar-refractivity contribution in [2.75, 3.05) is 5.73 Å². The van der Waals surface area contributed by atoms with Gasteiger partial charge in [-0.2, -0.15) is 5.10 Å². The van der Waals surface area contributed by atoms with Gasteiger partial charge in [-0.1, -0.05) is 0 Å². The Morgan fingerprint density at radius 3 is 2.82 bits per heavy atom. The van der Waals surface area contributed by atoms with Crippen molar-refractivity contribution in [3.8, 4) is 16.9 Å². The van der Waals surface area contributed by atoms with Gasteiger partial charge in [-0.05, 0) is 31.0 Å². The second-order valence-electron chi connectivity index (χ2n) is 4.16. The van der Waals surface area contributed by atoms with E-state index in [2.05, 4.69) is 10.2 Å². The Morgan fingerprint density at radius 2 is 2.18 bits per heavy atom. The van der Waals surface area contributed by atoms with E-state index in [0.717, 1.165) is 12.8 Å². The van der Waals surface area contributed by atoms with E-state index in [9.17, 15) is 4.39 Å². The van der Waals surface area contributed by atoms with Crippen molar-refractivity contribution in [2.24, 2.45) is 0 Å². The summed E-state index contributed by atoms with van der Waals surface area (Å²) in [6.45, 7) is 0. The van der Waals surface area contributed by atoms with Gasteiger partial charge in [0, 0.05) is 11.1 Å². The zero-order chi connectivity index (χ0) is 11.8. The normalized spacial score (nSPS) is 14.9. The molecule has 0 atom stereocenters. The molecule has 3 N–H and O–H groups in total. The molecular weight excluding hydrogens is 221 g/mol. The number of hydrogen-bond donors (Lipinski definition) is 2. The van der Waals surface area contributed by atoms with Crippen molar-refractivity contribution in [3.63, 3.8) is 0 Å². The zero-order valence-electron chi connectivity index (χ0n) is 9.11. The fourth-order valence-electron chi connectivity index (χ4n) is 1.69. The summed E-state index contributed by atoms with van der Waals surface area (Å²) in [5.74, 6) is 0.752. The van der Waals surface area contributed by atoms with Gasteiger partial charge in [0.2, 0.25) is 0 Å². The summed E-state index contributed by atoms with van der Waals surface area (Å²) in [7, 11) is 0. The smallest absolute Gasteiger partial charge is 0.127 e. The molecule has 1 fully saturated rings. The average Bonchev–Trinajstić information content (AvgIpc) is 3.02. The lowest BCUT2D eigenvalue weighted by Crippen LogP contribution is -1.99. The summed E-state index contributed by atoms with van der Waals surface area (Å²) in [4.78, 5) is 0. The summed E-state index contributed by atoms with van der Waals surface area (Å²) in [6.07, 6.45) is 3.94. The van der Waals surface area contributed by atoms with Gasteiger partial charge in [0.15, 0.2) is 0 Å². The first kappa shape index (κ1) is 10.1. The molecule has 4 nitrogen and oxygen atoms in total. The van der Waals surface area contributed by atoms with E-state index in [1.165, 1.54) is 12.1 Å². The predicted octanol–water partition coefficient (Wildman–Crippen LogP) is 2.34. The molecule has 0 amide bonds. The number of nitrogens with zero attached hydrogens (tertiary/aromatic N) is 1. The molecule has 0 unspecified atom stereocenters. The molecule has 1 aliphatic rings. The predicted molar refractivity (Wildman–Crippen MR) is 62.0 cm³/mol. The van der Waals surface area contributed by atoms with Crippen molar-refractivity contribution in [2.45, 2.75) is 18.9 Å². The molecule has 0 aliphatic heterocycles. The summed E-state index contributed by atoms with van der Waals surface area (Å²) >= 11 is 0. The number of anilines is 1. The highest BCUT2D eigenvalue weighted by Crippen LogP contribution is 2.36. The van der Waals surface area contributed by atoms with Gasteiger partial charge in [0.05, 0.1) is 12.3 Å². The molecule has 1 aliphatic carbocycles. The molecule has 17 heavy (non-hydrogen) atoms. The Bertz CT molecular complexity index is 548. The average molecular weight is 233 g/mol. The van der Waals surface area contributed by atoms with Crippen molar-refractivity contribution in [1.82, 2.24) is 10.2 Å². The summed E-state index contributed by atoms with van der Waals surface area (Å²) < 4.78 is 19.0. The molecule has 1 heterocycles. The highest BCUT2D eigenvalue weighted by atomic mass is 19.1. The number of benzene rings is 1. The molecule has 0 bridgehead atoms. The molecule has 1 aromatic carbocycles. The van der Waals surface area contributed by atoms with E-state index in [1.807, 2.05) is 0 Å². The number of nitrogens with one attached hydrogen (secondary N) is 1. The van der Waals surface area contributed by atoms with Gasteiger partial charge in [0.1, 0.15) is 17.4 Å². The topological polar surface area (TPSA) is 63.9 Å². The van der Waals surface area contributed by atoms with Gasteiger partial charge in [0.25, 0.3) is 0 Å². The van der Waals surface area contributed by atoms with Gasteiger partial charge in [-0.15, -0.1) is 0 Å². The van der Waals surface area contributed by atoms with Gasteiger partial charge >= 0.3 is 0 Å². The lowest BCUT2D eigenvalue weighted by atomic mass is 10.1. The Balaban J connectivity index is 2.06. The SMILES string of the molecule is Nc1[nH]ncc1-c1cc(F)ccc1OC1CC1. The number of H-pyrrole nitrogens is 1. The highest BCUT2D eigenvalue weighted by molar-refractivity contribution is 5.77. The second kappa shape index (κ2) is 3.76. The van der Waals surface area contributed by atoms with Gasteiger partial charge < -0.3 is 10.5 Å². The first-order chi connectivity index (χ1) is 8.24. The van der Waals surface area contributed by atoms with Gasteiger partial charge in [-0.25, -0.2) is 4.39 Å². The van der Waals surface area contributed by atoms with E-state index < -0.39 is 0 Å². The van der Waals surface area contributed by atoms with Crippen LogP contribution in [0.5, 0.6) is 5.75 Å². The number of ether oxygens (including phenoxy) is 1. The first-order valence-electron chi connectivity index (χ1n) is 5.49. The minimum atomic E-state index is -0.316. The van der Waals surface area contributed by atoms with Crippen LogP contribution in [0.4, 0.5) is 10.2 Å². The minimum Gasteiger partial charge on any atom is -0.490 e. The Hall–Kier alpha value is -2.04. The Morgan fingerprint density at radius 1 is 1.35 bits per heavy atom. The zero-order valence-corrected chi connectivity index (χ0v) is 9.11. The lowest BCUT2D eigenvalue weighted by molar-refractivity contribution is 0.304. The lowest BCUT2D eigenvalue weighted by Gasteiger charge is -2.10. The standard InChI is InChI=1S/C12H12FN3O/c13-7-1-4-11(17-8-2-3-8)9(5-7)10-6-15-16-12(10)14/h1,4-6,8H,2-3H2,(H3,14,15,16). The van der Waals surface area contributed by atoms with E-state index >= 15 is 0 Å². The largest absolute Gasteiger partial charge is 0.490 e. The Kier molecular flexibility index (Phi) is 2.24. The van der Waals surface area contributed by atoms with Crippen molar-refractivity contribution < 1.29 is 9.13 Å². The van der Waals surface area contributed by atoms with Crippen LogP contribution in [0.3, 0.4) is 0 Å². The van der Waals surface area contributed by atoms with Crippen LogP contribution in [-0.2, 0) is 0 Å². The molecule has 0 radical (unpaired) electrons. The fraction of sp³-hybridized carbons (Fsp3) is 0.250. The molecular formula is C12H12FN3O. The quantitative estimate of drug-likeness (QED) is 0.855. The molecule has 2 aromatic rings. The van der Waals surface area contributed by atoms with Crippen LogP contribution in [0.2, 0.25) is 0 Å². The third-order valence-corrected chi connectivity index (χ3v) is 2.72. The maximum absolute atomic E-state index is 13.3. The molecule has 0 spiro atoms. The number of nitrogens with two attached hydrogens (primary N) is 1. The van der Waals surface area contributed by atoms with E-state index in [4.69, 9.17) is 10.5 Å². The van der Waals surface area contributed by atoms with Crippen molar-refractivity contribution >= 4 is 5.82 Å². The van der Waals surface area contributed by atoms with Crippen LogP contribution in [0.15, 0.2) is 24.4 Å². The summed E-state index contributed by atoms with van der Waals surface area (Å²) in [5, 5.41) is 6.47. The number of aromatic nitrogens is 2. The number of halogens is 1. The Labute approximate surface area is 97.6 Å². The number of hydrogen-bond acceptors (Lipinski definition) is 3. The van der Waals surface area contributed by atoms with Crippen LogP contribution < -0.4 is 10.5 Å². The number of aromatic amines is 1. The molecule has 0 saturated heterocycles. The first-order valence-corrected chi connectivity index (χ1v) is 5.49.